The molecule has 2 heterocycles. The van der Waals surface area contributed by atoms with Gasteiger partial charge in [0.1, 0.15) is 23.9 Å². The number of benzene rings is 2. The molecule has 0 fully saturated rings. The van der Waals surface area contributed by atoms with E-state index in [0.717, 1.165) is 0 Å². The summed E-state index contributed by atoms with van der Waals surface area (Å²) in [6.45, 7) is 0.432. The Bertz CT molecular complexity index is 1150. The highest BCUT2D eigenvalue weighted by molar-refractivity contribution is 6.30. The van der Waals surface area contributed by atoms with Gasteiger partial charge >= 0.3 is 0 Å². The topological polar surface area (TPSA) is 69.3 Å². The number of rotatable bonds is 7. The van der Waals surface area contributed by atoms with Gasteiger partial charge in [0.25, 0.3) is 5.91 Å². The minimum Gasteiger partial charge on any atom is -0.486 e. The van der Waals surface area contributed by atoms with E-state index in [2.05, 4.69) is 10.4 Å². The highest BCUT2D eigenvalue weighted by Gasteiger charge is 2.13. The zero-order chi connectivity index (χ0) is 20.9. The summed E-state index contributed by atoms with van der Waals surface area (Å²) in [6.07, 6.45) is 1.66. The summed E-state index contributed by atoms with van der Waals surface area (Å²) in [5, 5.41) is 7.52. The van der Waals surface area contributed by atoms with E-state index >= 15 is 0 Å². The van der Waals surface area contributed by atoms with Crippen LogP contribution in [0.4, 0.5) is 10.2 Å². The third kappa shape index (κ3) is 4.87. The van der Waals surface area contributed by atoms with Crippen LogP contribution < -0.4 is 10.1 Å². The first-order valence-corrected chi connectivity index (χ1v) is 9.50. The normalized spacial score (nSPS) is 10.7. The summed E-state index contributed by atoms with van der Waals surface area (Å²) in [7, 11) is 0. The number of carbonyl (C=O) groups is 1. The molecule has 4 aromatic rings. The van der Waals surface area contributed by atoms with Gasteiger partial charge in [0.2, 0.25) is 0 Å². The number of halogens is 2. The minimum absolute atomic E-state index is 0.133. The van der Waals surface area contributed by atoms with Gasteiger partial charge in [-0.25, -0.2) is 4.39 Å². The van der Waals surface area contributed by atoms with E-state index in [4.69, 9.17) is 20.8 Å². The lowest BCUT2D eigenvalue weighted by molar-refractivity contribution is 0.0992. The Morgan fingerprint density at radius 3 is 2.70 bits per heavy atom. The molecule has 0 unspecified atom stereocenters. The Morgan fingerprint density at radius 2 is 1.90 bits per heavy atom. The third-order valence-electron chi connectivity index (χ3n) is 4.25. The summed E-state index contributed by atoms with van der Waals surface area (Å²) < 4.78 is 26.4. The van der Waals surface area contributed by atoms with Crippen LogP contribution in [0.3, 0.4) is 0 Å². The Morgan fingerprint density at radius 1 is 1.10 bits per heavy atom. The molecule has 1 amide bonds. The minimum atomic E-state index is -0.441. The van der Waals surface area contributed by atoms with Crippen molar-refractivity contribution in [3.05, 3.63) is 101 Å². The molecule has 0 aliphatic carbocycles. The van der Waals surface area contributed by atoms with Crippen LogP contribution in [0.2, 0.25) is 5.02 Å². The van der Waals surface area contributed by atoms with Gasteiger partial charge in [-0.2, -0.15) is 5.10 Å². The van der Waals surface area contributed by atoms with Crippen molar-refractivity contribution in [1.29, 1.82) is 0 Å². The summed E-state index contributed by atoms with van der Waals surface area (Å²) in [4.78, 5) is 12.4. The lowest BCUT2D eigenvalue weighted by Gasteiger charge is -2.04. The molecule has 8 heteroatoms. The predicted molar refractivity (Wildman–Crippen MR) is 110 cm³/mol. The Kier molecular flexibility index (Phi) is 5.81. The monoisotopic (exact) mass is 425 g/mol. The van der Waals surface area contributed by atoms with E-state index in [1.807, 2.05) is 0 Å². The second-order valence-electron chi connectivity index (χ2n) is 6.45. The molecule has 0 radical (unpaired) electrons. The first-order valence-electron chi connectivity index (χ1n) is 9.12. The van der Waals surface area contributed by atoms with Gasteiger partial charge in [0, 0.05) is 22.8 Å². The number of nitrogens with zero attached hydrogens (tertiary/aromatic N) is 2. The van der Waals surface area contributed by atoms with Gasteiger partial charge < -0.3 is 14.5 Å². The van der Waals surface area contributed by atoms with Gasteiger partial charge in [-0.15, -0.1) is 0 Å². The maximum atomic E-state index is 13.8. The average Bonchev–Trinajstić information content (AvgIpc) is 3.39. The molecule has 2 aromatic heterocycles. The smallest absolute Gasteiger partial charge is 0.292 e. The van der Waals surface area contributed by atoms with Crippen LogP contribution in [0, 0.1) is 5.82 Å². The van der Waals surface area contributed by atoms with Crippen molar-refractivity contribution < 1.29 is 18.3 Å². The van der Waals surface area contributed by atoms with Gasteiger partial charge in [0.15, 0.2) is 11.6 Å². The molecule has 6 nitrogen and oxygen atoms in total. The molecule has 0 atom stereocenters. The number of hydrogen-bond donors (Lipinski definition) is 1. The third-order valence-corrected chi connectivity index (χ3v) is 4.50. The standard InChI is InChI=1S/C22H17ClFN3O3/c23-16-5-7-17(8-6-16)29-14-18-9-10-20(30-18)22(28)25-21-11-12-27(26-21)13-15-3-1-2-4-19(15)24/h1-12H,13-14H2,(H,25,26,28). The van der Waals surface area contributed by atoms with Crippen molar-refractivity contribution >= 4 is 23.3 Å². The Labute approximate surface area is 176 Å². The zero-order valence-electron chi connectivity index (χ0n) is 15.7. The number of amides is 1. The van der Waals surface area contributed by atoms with Crippen LogP contribution in [0.5, 0.6) is 5.75 Å². The van der Waals surface area contributed by atoms with Crippen molar-refractivity contribution in [2.45, 2.75) is 13.2 Å². The molecule has 0 aliphatic rings. The average molecular weight is 426 g/mol. The lowest BCUT2D eigenvalue weighted by atomic mass is 10.2. The van der Waals surface area contributed by atoms with Gasteiger partial charge in [-0.05, 0) is 42.5 Å². The number of aromatic nitrogens is 2. The van der Waals surface area contributed by atoms with Crippen molar-refractivity contribution in [3.63, 3.8) is 0 Å². The second-order valence-corrected chi connectivity index (χ2v) is 6.89. The predicted octanol–water partition coefficient (Wildman–Crippen LogP) is 5.15. The van der Waals surface area contributed by atoms with E-state index in [1.54, 1.807) is 71.5 Å². The second kappa shape index (κ2) is 8.84. The summed E-state index contributed by atoms with van der Waals surface area (Å²) >= 11 is 5.84. The fourth-order valence-electron chi connectivity index (χ4n) is 2.76. The summed E-state index contributed by atoms with van der Waals surface area (Å²) in [6, 6.07) is 18.3. The van der Waals surface area contributed by atoms with E-state index in [9.17, 15) is 9.18 Å². The van der Waals surface area contributed by atoms with E-state index in [1.165, 1.54) is 6.07 Å². The highest BCUT2D eigenvalue weighted by atomic mass is 35.5. The van der Waals surface area contributed by atoms with Gasteiger partial charge in [-0.3, -0.25) is 9.48 Å². The van der Waals surface area contributed by atoms with E-state index in [0.29, 0.717) is 27.9 Å². The lowest BCUT2D eigenvalue weighted by Crippen LogP contribution is -2.12. The summed E-state index contributed by atoms with van der Waals surface area (Å²) in [5.41, 5.74) is 0.509. The molecule has 2 aromatic carbocycles. The fourth-order valence-corrected chi connectivity index (χ4v) is 2.88. The maximum Gasteiger partial charge on any atom is 0.292 e. The molecule has 0 saturated heterocycles. The molecular formula is C22H17ClFN3O3. The van der Waals surface area contributed by atoms with Crippen LogP contribution in [-0.2, 0) is 13.2 Å². The molecule has 4 rings (SSSR count). The van der Waals surface area contributed by atoms with E-state index < -0.39 is 5.91 Å². The molecule has 0 bridgehead atoms. The number of ether oxygens (including phenoxy) is 1. The molecule has 0 saturated carbocycles. The van der Waals surface area contributed by atoms with Crippen LogP contribution in [0.25, 0.3) is 0 Å². The number of hydrogen-bond acceptors (Lipinski definition) is 4. The first kappa shape index (κ1) is 19.7. The van der Waals surface area contributed by atoms with Gasteiger partial charge in [0.05, 0.1) is 6.54 Å². The fraction of sp³-hybridized carbons (Fsp3) is 0.0909. The number of carbonyl (C=O) groups excluding carboxylic acids is 1. The summed E-state index contributed by atoms with van der Waals surface area (Å²) in [5.74, 6) is 0.869. The Hall–Kier alpha value is -3.58. The van der Waals surface area contributed by atoms with Crippen molar-refractivity contribution in [2.24, 2.45) is 0 Å². The SMILES string of the molecule is O=C(Nc1ccn(Cc2ccccc2F)n1)c1ccc(COc2ccc(Cl)cc2)o1. The first-order chi connectivity index (χ1) is 14.6. The molecule has 152 valence electrons. The zero-order valence-corrected chi connectivity index (χ0v) is 16.5. The van der Waals surface area contributed by atoms with Crippen LogP contribution in [0.15, 0.2) is 77.3 Å². The Balaban J connectivity index is 1.34. The van der Waals surface area contributed by atoms with Gasteiger partial charge in [-0.1, -0.05) is 29.8 Å². The molecule has 30 heavy (non-hydrogen) atoms. The molecule has 0 aliphatic heterocycles. The molecular weight excluding hydrogens is 409 g/mol. The largest absolute Gasteiger partial charge is 0.486 e. The number of nitrogens with one attached hydrogen (secondary N) is 1. The van der Waals surface area contributed by atoms with E-state index in [-0.39, 0.29) is 24.7 Å². The van der Waals surface area contributed by atoms with Crippen LogP contribution in [0.1, 0.15) is 21.9 Å². The highest BCUT2D eigenvalue weighted by Crippen LogP contribution is 2.18. The van der Waals surface area contributed by atoms with Crippen molar-refractivity contribution in [2.75, 3.05) is 5.32 Å². The van der Waals surface area contributed by atoms with Crippen molar-refractivity contribution in [3.8, 4) is 5.75 Å². The molecule has 0 spiro atoms. The number of furan rings is 1. The molecule has 1 N–H and O–H groups in total. The quantitative estimate of drug-likeness (QED) is 0.444. The van der Waals surface area contributed by atoms with Crippen molar-refractivity contribution in [1.82, 2.24) is 9.78 Å². The van der Waals surface area contributed by atoms with Crippen LogP contribution in [-0.4, -0.2) is 15.7 Å². The maximum absolute atomic E-state index is 13.8. The number of anilines is 1. The van der Waals surface area contributed by atoms with Crippen LogP contribution >= 0.6 is 11.6 Å².